The van der Waals surface area contributed by atoms with Gasteiger partial charge in [0, 0.05) is 6.07 Å². The van der Waals surface area contributed by atoms with Crippen LogP contribution in [0.2, 0.25) is 19.6 Å². The Labute approximate surface area is 161 Å². The third-order valence-corrected chi connectivity index (χ3v) is 5.36. The average Bonchev–Trinajstić information content (AvgIpc) is 2.44. The average molecular weight is 400 g/mol. The molecule has 1 aromatic rings. The summed E-state index contributed by atoms with van der Waals surface area (Å²) in [5.74, 6) is -1.30. The van der Waals surface area contributed by atoms with Crippen LogP contribution in [0.25, 0.3) is 0 Å². The maximum Gasteiger partial charge on any atom is 0.407 e. The molecule has 7 heteroatoms. The highest BCUT2D eigenvalue weighted by Crippen LogP contribution is 2.43. The first-order valence-electron chi connectivity index (χ1n) is 9.47. The number of amides is 1. The number of hydrogen-bond donors (Lipinski definition) is 1. The van der Waals surface area contributed by atoms with Crippen molar-refractivity contribution in [3.05, 3.63) is 35.4 Å². The third-order valence-electron chi connectivity index (χ3n) is 4.38. The summed E-state index contributed by atoms with van der Waals surface area (Å²) < 4.78 is 39.9. The molecule has 1 fully saturated rings. The van der Waals surface area contributed by atoms with Gasteiger partial charge in [-0.1, -0.05) is 12.8 Å². The van der Waals surface area contributed by atoms with Crippen molar-refractivity contribution >= 4 is 14.4 Å². The first-order chi connectivity index (χ1) is 12.3. The molecule has 0 spiro atoms. The van der Waals surface area contributed by atoms with E-state index in [1.807, 2.05) is 19.6 Å². The van der Waals surface area contributed by atoms with Crippen molar-refractivity contribution in [2.45, 2.75) is 83.3 Å². The van der Waals surface area contributed by atoms with Crippen LogP contribution in [-0.4, -0.2) is 26.1 Å². The van der Waals surface area contributed by atoms with E-state index in [0.29, 0.717) is 18.4 Å². The zero-order valence-electron chi connectivity index (χ0n) is 17.1. The monoisotopic (exact) mass is 399 g/mol. The molecular formula is C20H31F2NO3Si. The lowest BCUT2D eigenvalue weighted by molar-refractivity contribution is -0.0215. The third kappa shape index (κ3) is 6.00. The van der Waals surface area contributed by atoms with E-state index in [4.69, 9.17) is 9.16 Å². The zero-order valence-corrected chi connectivity index (χ0v) is 18.1. The van der Waals surface area contributed by atoms with Crippen molar-refractivity contribution in [2.75, 3.05) is 0 Å². The Morgan fingerprint density at radius 3 is 2.26 bits per heavy atom. The smallest absolute Gasteiger partial charge is 0.407 e. The number of halogens is 2. The second-order valence-corrected chi connectivity index (χ2v) is 13.6. The molecular weight excluding hydrogens is 368 g/mol. The van der Waals surface area contributed by atoms with Crippen molar-refractivity contribution in [1.82, 2.24) is 5.32 Å². The van der Waals surface area contributed by atoms with Gasteiger partial charge >= 0.3 is 6.09 Å². The van der Waals surface area contributed by atoms with Crippen LogP contribution >= 0.6 is 0 Å². The molecule has 1 aromatic carbocycles. The standard InChI is InChI=1S/C20H31F2NO3Si/c1-19(2,3)25-18(24)23-17-9-7-8-10-20(17,26-27(4,5)6)14-11-15(21)13-16(22)12-14/h11-13,17H,7-10H2,1-6H3,(H,23,24)/t17-,20+/m0/s1. The van der Waals surface area contributed by atoms with Gasteiger partial charge in [0.05, 0.1) is 6.04 Å². The van der Waals surface area contributed by atoms with Crippen molar-refractivity contribution in [3.8, 4) is 0 Å². The van der Waals surface area contributed by atoms with E-state index >= 15 is 0 Å². The van der Waals surface area contributed by atoms with Crippen LogP contribution in [0.5, 0.6) is 0 Å². The second-order valence-electron chi connectivity index (χ2n) is 9.21. The van der Waals surface area contributed by atoms with E-state index < -0.39 is 43.3 Å². The number of rotatable bonds is 4. The zero-order chi connectivity index (χ0) is 20.5. The van der Waals surface area contributed by atoms with Crippen molar-refractivity contribution in [2.24, 2.45) is 0 Å². The minimum Gasteiger partial charge on any atom is -0.444 e. The minimum atomic E-state index is -2.11. The summed E-state index contributed by atoms with van der Waals surface area (Å²) in [5, 5.41) is 2.92. The molecule has 0 aromatic heterocycles. The SMILES string of the molecule is CC(C)(C)OC(=O)N[C@H]1CCCC[C@@]1(O[Si](C)(C)C)c1cc(F)cc(F)c1. The van der Waals surface area contributed by atoms with Crippen LogP contribution in [0.15, 0.2) is 18.2 Å². The van der Waals surface area contributed by atoms with Gasteiger partial charge in [-0.3, -0.25) is 0 Å². The Bertz CT molecular complexity index is 665. The van der Waals surface area contributed by atoms with Crippen molar-refractivity contribution < 1.29 is 22.7 Å². The number of benzene rings is 1. The van der Waals surface area contributed by atoms with Crippen molar-refractivity contribution in [3.63, 3.8) is 0 Å². The number of carbonyl (C=O) groups is 1. The van der Waals surface area contributed by atoms with Crippen LogP contribution in [0.4, 0.5) is 13.6 Å². The molecule has 0 heterocycles. The molecule has 27 heavy (non-hydrogen) atoms. The van der Waals surface area contributed by atoms with Gasteiger partial charge in [0.25, 0.3) is 0 Å². The normalized spacial score (nSPS) is 23.8. The van der Waals surface area contributed by atoms with Gasteiger partial charge in [-0.25, -0.2) is 13.6 Å². The predicted octanol–water partition coefficient (Wildman–Crippen LogP) is 5.48. The Hall–Kier alpha value is -1.47. The summed E-state index contributed by atoms with van der Waals surface area (Å²) in [7, 11) is -2.11. The van der Waals surface area contributed by atoms with Crippen LogP contribution < -0.4 is 5.32 Å². The topological polar surface area (TPSA) is 47.6 Å². The van der Waals surface area contributed by atoms with Crippen molar-refractivity contribution in [1.29, 1.82) is 0 Å². The molecule has 0 radical (unpaired) electrons. The molecule has 1 N–H and O–H groups in total. The summed E-state index contributed by atoms with van der Waals surface area (Å²) in [6.45, 7) is 11.5. The first kappa shape index (κ1) is 21.8. The number of carbonyl (C=O) groups excluding carboxylic acids is 1. The minimum absolute atomic E-state index is 0.422. The lowest BCUT2D eigenvalue weighted by Crippen LogP contribution is -2.57. The lowest BCUT2D eigenvalue weighted by atomic mass is 9.75. The molecule has 1 amide bonds. The van der Waals surface area contributed by atoms with E-state index in [0.717, 1.165) is 18.9 Å². The number of hydrogen-bond acceptors (Lipinski definition) is 3. The highest BCUT2D eigenvalue weighted by molar-refractivity contribution is 6.69. The van der Waals surface area contributed by atoms with Gasteiger partial charge in [-0.2, -0.15) is 0 Å². The summed E-state index contributed by atoms with van der Waals surface area (Å²) in [5.41, 5.74) is -1.17. The maximum atomic E-state index is 14.0. The molecule has 1 saturated carbocycles. The highest BCUT2D eigenvalue weighted by Gasteiger charge is 2.47. The molecule has 0 saturated heterocycles. The maximum absolute atomic E-state index is 14.0. The van der Waals surface area contributed by atoms with Gasteiger partial charge in [0.15, 0.2) is 8.32 Å². The van der Waals surface area contributed by atoms with Gasteiger partial charge in [-0.05, 0) is 71.0 Å². The summed E-state index contributed by atoms with van der Waals surface area (Å²) in [6, 6.07) is 3.07. The Morgan fingerprint density at radius 1 is 1.15 bits per heavy atom. The van der Waals surface area contributed by atoms with Gasteiger partial charge < -0.3 is 14.5 Å². The van der Waals surface area contributed by atoms with E-state index in [9.17, 15) is 13.6 Å². The number of nitrogens with one attached hydrogen (secondary N) is 1. The quantitative estimate of drug-likeness (QED) is 0.682. The summed E-state index contributed by atoms with van der Waals surface area (Å²) in [4.78, 5) is 12.4. The first-order valence-corrected chi connectivity index (χ1v) is 12.9. The number of ether oxygens (including phenoxy) is 1. The van der Waals surface area contributed by atoms with Crippen LogP contribution in [-0.2, 0) is 14.8 Å². The number of alkyl carbamates (subject to hydrolysis) is 1. The summed E-state index contributed by atoms with van der Waals surface area (Å²) in [6.07, 6.45) is 2.45. The Morgan fingerprint density at radius 2 is 1.74 bits per heavy atom. The van der Waals surface area contributed by atoms with Crippen LogP contribution in [0.3, 0.4) is 0 Å². The van der Waals surface area contributed by atoms with E-state index in [2.05, 4.69) is 5.32 Å². The largest absolute Gasteiger partial charge is 0.444 e. The second kappa shape index (κ2) is 7.87. The van der Waals surface area contributed by atoms with E-state index in [-0.39, 0.29) is 0 Å². The highest BCUT2D eigenvalue weighted by atomic mass is 28.4. The lowest BCUT2D eigenvalue weighted by Gasteiger charge is -2.48. The molecule has 1 aliphatic rings. The van der Waals surface area contributed by atoms with Gasteiger partial charge in [0.1, 0.15) is 22.8 Å². The molecule has 152 valence electrons. The molecule has 0 aliphatic heterocycles. The Kier molecular flexibility index (Phi) is 6.36. The van der Waals surface area contributed by atoms with Gasteiger partial charge in [0.2, 0.25) is 0 Å². The fourth-order valence-corrected chi connectivity index (χ4v) is 5.11. The van der Waals surface area contributed by atoms with Crippen LogP contribution in [0, 0.1) is 11.6 Å². The Balaban J connectivity index is 2.45. The molecule has 0 bridgehead atoms. The molecule has 4 nitrogen and oxygen atoms in total. The fraction of sp³-hybridized carbons (Fsp3) is 0.650. The molecule has 1 aliphatic carbocycles. The molecule has 2 atom stereocenters. The fourth-order valence-electron chi connectivity index (χ4n) is 3.65. The molecule has 2 rings (SSSR count). The summed E-state index contributed by atoms with van der Waals surface area (Å²) >= 11 is 0. The van der Waals surface area contributed by atoms with Crippen LogP contribution in [0.1, 0.15) is 52.0 Å². The van der Waals surface area contributed by atoms with E-state index in [1.165, 1.54) is 12.1 Å². The van der Waals surface area contributed by atoms with E-state index in [1.54, 1.807) is 20.8 Å². The molecule has 0 unspecified atom stereocenters. The predicted molar refractivity (Wildman–Crippen MR) is 104 cm³/mol. The van der Waals surface area contributed by atoms with Gasteiger partial charge in [-0.15, -0.1) is 0 Å².